The van der Waals surface area contributed by atoms with Crippen molar-refractivity contribution < 1.29 is 19.1 Å². The molecule has 0 fully saturated rings. The average Bonchev–Trinajstić information content (AvgIpc) is 3.26. The van der Waals surface area contributed by atoms with Crippen molar-refractivity contribution in [2.75, 3.05) is 13.7 Å². The van der Waals surface area contributed by atoms with Gasteiger partial charge in [-0.05, 0) is 49.4 Å². The quantitative estimate of drug-likeness (QED) is 0.467. The van der Waals surface area contributed by atoms with E-state index in [2.05, 4.69) is 4.98 Å². The number of carbonyl (C=O) groups excluding carboxylic acids is 2. The number of fused-ring (bicyclic) bond motifs is 2. The Bertz CT molecular complexity index is 1090. The smallest absolute Gasteiger partial charge is 0.313 e. The number of hydrogen-bond acceptors (Lipinski definition) is 5. The van der Waals surface area contributed by atoms with Gasteiger partial charge in [-0.3, -0.25) is 14.0 Å². The van der Waals surface area contributed by atoms with Gasteiger partial charge in [0.1, 0.15) is 5.69 Å². The summed E-state index contributed by atoms with van der Waals surface area (Å²) in [5.41, 5.74) is 3.91. The Labute approximate surface area is 169 Å². The standard InChI is InChI=1S/C23H24N2O4/c1-4-29-20-10-7-11-25-21(14(2)24-22(20)25)19(26)13-15-12-18(23(27)28-3)17-9-6-5-8-16(15)17/h5-11,15,18H,4,12-13H2,1-3H3/t15-,18+/m1/s1. The topological polar surface area (TPSA) is 69.9 Å². The van der Waals surface area contributed by atoms with Crippen LogP contribution in [0.1, 0.15) is 58.9 Å². The van der Waals surface area contributed by atoms with Gasteiger partial charge in [0.2, 0.25) is 0 Å². The number of imidazole rings is 1. The molecule has 0 N–H and O–H groups in total. The van der Waals surface area contributed by atoms with Crippen LogP contribution >= 0.6 is 0 Å². The predicted molar refractivity (Wildman–Crippen MR) is 109 cm³/mol. The lowest BCUT2D eigenvalue weighted by Gasteiger charge is -2.11. The van der Waals surface area contributed by atoms with E-state index in [-0.39, 0.29) is 23.6 Å². The van der Waals surface area contributed by atoms with Gasteiger partial charge in [0.05, 0.1) is 25.3 Å². The summed E-state index contributed by atoms with van der Waals surface area (Å²) in [4.78, 5) is 30.1. The Morgan fingerprint density at radius 2 is 1.93 bits per heavy atom. The minimum absolute atomic E-state index is 0.00830. The van der Waals surface area contributed by atoms with Gasteiger partial charge in [-0.25, -0.2) is 4.98 Å². The number of aromatic nitrogens is 2. The molecule has 29 heavy (non-hydrogen) atoms. The van der Waals surface area contributed by atoms with Crippen LogP contribution in [-0.2, 0) is 9.53 Å². The molecule has 0 saturated carbocycles. The largest absolute Gasteiger partial charge is 0.490 e. The van der Waals surface area contributed by atoms with Crippen molar-refractivity contribution in [2.45, 2.75) is 38.5 Å². The number of ketones is 1. The van der Waals surface area contributed by atoms with Gasteiger partial charge in [-0.1, -0.05) is 24.3 Å². The molecule has 0 radical (unpaired) electrons. The summed E-state index contributed by atoms with van der Waals surface area (Å²) in [6, 6.07) is 11.5. The highest BCUT2D eigenvalue weighted by molar-refractivity contribution is 5.97. The average molecular weight is 392 g/mol. The third-order valence-electron chi connectivity index (χ3n) is 5.60. The summed E-state index contributed by atoms with van der Waals surface area (Å²) in [7, 11) is 1.40. The molecule has 0 aliphatic heterocycles. The number of nitrogens with zero attached hydrogens (tertiary/aromatic N) is 2. The zero-order valence-electron chi connectivity index (χ0n) is 16.8. The van der Waals surface area contributed by atoms with E-state index >= 15 is 0 Å². The molecule has 150 valence electrons. The summed E-state index contributed by atoms with van der Waals surface area (Å²) < 4.78 is 12.4. The van der Waals surface area contributed by atoms with Gasteiger partial charge in [-0.2, -0.15) is 0 Å². The number of ether oxygens (including phenoxy) is 2. The number of aryl methyl sites for hydroxylation is 1. The van der Waals surface area contributed by atoms with Crippen LogP contribution in [0.5, 0.6) is 5.75 Å². The Hall–Kier alpha value is -3.15. The fourth-order valence-electron chi connectivity index (χ4n) is 4.38. The Balaban J connectivity index is 1.66. The number of esters is 1. The van der Waals surface area contributed by atoms with Gasteiger partial charge < -0.3 is 9.47 Å². The van der Waals surface area contributed by atoms with Gasteiger partial charge >= 0.3 is 5.97 Å². The van der Waals surface area contributed by atoms with Crippen LogP contribution < -0.4 is 4.74 Å². The molecular formula is C23H24N2O4. The van der Waals surface area contributed by atoms with E-state index < -0.39 is 0 Å². The molecule has 0 bridgehead atoms. The van der Waals surface area contributed by atoms with Gasteiger partial charge in [0.25, 0.3) is 0 Å². The monoisotopic (exact) mass is 392 g/mol. The van der Waals surface area contributed by atoms with E-state index in [0.29, 0.717) is 42.2 Å². The number of carbonyl (C=O) groups is 2. The van der Waals surface area contributed by atoms with E-state index in [1.807, 2.05) is 56.4 Å². The van der Waals surface area contributed by atoms with E-state index in [0.717, 1.165) is 11.1 Å². The lowest BCUT2D eigenvalue weighted by Crippen LogP contribution is -2.13. The lowest BCUT2D eigenvalue weighted by molar-refractivity contribution is -0.142. The molecule has 1 aliphatic carbocycles. The zero-order valence-corrected chi connectivity index (χ0v) is 16.8. The van der Waals surface area contributed by atoms with Crippen molar-refractivity contribution in [3.05, 3.63) is 65.1 Å². The van der Waals surface area contributed by atoms with Crippen LogP contribution in [0.4, 0.5) is 0 Å². The van der Waals surface area contributed by atoms with E-state index in [1.165, 1.54) is 7.11 Å². The first-order valence-corrected chi connectivity index (χ1v) is 9.85. The van der Waals surface area contributed by atoms with Gasteiger partial charge in [0.15, 0.2) is 17.2 Å². The number of Topliss-reactive ketones (excluding diaryl/α,β-unsaturated/α-hetero) is 1. The van der Waals surface area contributed by atoms with Crippen molar-refractivity contribution in [2.24, 2.45) is 0 Å². The summed E-state index contributed by atoms with van der Waals surface area (Å²) in [6.07, 6.45) is 2.74. The minimum atomic E-state index is -0.318. The number of rotatable bonds is 6. The molecular weight excluding hydrogens is 368 g/mol. The highest BCUT2D eigenvalue weighted by Gasteiger charge is 2.37. The summed E-state index contributed by atoms with van der Waals surface area (Å²) in [5, 5.41) is 0. The maximum Gasteiger partial charge on any atom is 0.313 e. The molecule has 2 heterocycles. The van der Waals surface area contributed by atoms with Crippen LogP contribution in [0.3, 0.4) is 0 Å². The van der Waals surface area contributed by atoms with Crippen molar-refractivity contribution in [1.29, 1.82) is 0 Å². The molecule has 3 aromatic rings. The van der Waals surface area contributed by atoms with E-state index in [1.54, 1.807) is 4.40 Å². The third kappa shape index (κ3) is 3.28. The van der Waals surface area contributed by atoms with Gasteiger partial charge in [0, 0.05) is 12.6 Å². The number of methoxy groups -OCH3 is 1. The first kappa shape index (κ1) is 19.2. The van der Waals surface area contributed by atoms with Crippen molar-refractivity contribution in [3.8, 4) is 5.75 Å². The zero-order chi connectivity index (χ0) is 20.5. The molecule has 1 aliphatic rings. The molecule has 6 heteroatoms. The number of pyridine rings is 1. The van der Waals surface area contributed by atoms with Crippen LogP contribution in [0.25, 0.3) is 5.65 Å². The summed E-state index contributed by atoms with van der Waals surface area (Å²) in [6.45, 7) is 4.29. The van der Waals surface area contributed by atoms with E-state index in [9.17, 15) is 9.59 Å². The fourth-order valence-corrected chi connectivity index (χ4v) is 4.38. The van der Waals surface area contributed by atoms with Crippen molar-refractivity contribution in [1.82, 2.24) is 9.38 Å². The maximum absolute atomic E-state index is 13.3. The Morgan fingerprint density at radius 3 is 2.66 bits per heavy atom. The van der Waals surface area contributed by atoms with Crippen LogP contribution in [0.2, 0.25) is 0 Å². The molecule has 0 spiro atoms. The second-order valence-electron chi connectivity index (χ2n) is 7.31. The Morgan fingerprint density at radius 1 is 1.17 bits per heavy atom. The Kier molecular flexibility index (Phi) is 5.09. The predicted octanol–water partition coefficient (Wildman–Crippen LogP) is 4.06. The molecule has 6 nitrogen and oxygen atoms in total. The van der Waals surface area contributed by atoms with Crippen molar-refractivity contribution in [3.63, 3.8) is 0 Å². The van der Waals surface area contributed by atoms with E-state index in [4.69, 9.17) is 9.47 Å². The summed E-state index contributed by atoms with van der Waals surface area (Å²) >= 11 is 0. The maximum atomic E-state index is 13.3. The first-order chi connectivity index (χ1) is 14.0. The summed E-state index contributed by atoms with van der Waals surface area (Å²) in [5.74, 6) is 0.0764. The highest BCUT2D eigenvalue weighted by atomic mass is 16.5. The fraction of sp³-hybridized carbons (Fsp3) is 0.348. The molecule has 2 aromatic heterocycles. The molecule has 1 aromatic carbocycles. The SMILES string of the molecule is CCOc1cccn2c(C(=O)C[C@H]3C[C@H](C(=O)OC)c4ccccc43)c(C)nc12. The van der Waals surface area contributed by atoms with Crippen LogP contribution in [0.15, 0.2) is 42.6 Å². The van der Waals surface area contributed by atoms with Gasteiger partial charge in [-0.15, -0.1) is 0 Å². The third-order valence-corrected chi connectivity index (χ3v) is 5.60. The molecule has 0 amide bonds. The molecule has 4 rings (SSSR count). The second-order valence-corrected chi connectivity index (χ2v) is 7.31. The second kappa shape index (κ2) is 7.70. The first-order valence-electron chi connectivity index (χ1n) is 9.85. The number of hydrogen-bond donors (Lipinski definition) is 0. The molecule has 0 saturated heterocycles. The normalized spacial score (nSPS) is 17.9. The van der Waals surface area contributed by atoms with Crippen LogP contribution in [-0.4, -0.2) is 34.9 Å². The number of benzene rings is 1. The molecule has 2 atom stereocenters. The van der Waals surface area contributed by atoms with Crippen molar-refractivity contribution >= 4 is 17.4 Å². The highest BCUT2D eigenvalue weighted by Crippen LogP contribution is 2.44. The van der Waals surface area contributed by atoms with Crippen LogP contribution in [0, 0.1) is 6.92 Å². The molecule has 0 unspecified atom stereocenters. The lowest BCUT2D eigenvalue weighted by atomic mass is 9.94. The minimum Gasteiger partial charge on any atom is -0.490 e.